The molecule has 0 bridgehead atoms. The number of amides is 1. The SMILES string of the molecule is O=C(NCc1nccc(N2CCOCC2)n1)C1CCCCC1. The van der Waals surface area contributed by atoms with Crippen LogP contribution in [0.1, 0.15) is 37.9 Å². The summed E-state index contributed by atoms with van der Waals surface area (Å²) in [6.07, 6.45) is 7.39. The lowest BCUT2D eigenvalue weighted by atomic mass is 9.89. The maximum Gasteiger partial charge on any atom is 0.223 e. The fourth-order valence-corrected chi connectivity index (χ4v) is 3.12. The van der Waals surface area contributed by atoms with E-state index in [-0.39, 0.29) is 11.8 Å². The van der Waals surface area contributed by atoms with Crippen LogP contribution in [-0.4, -0.2) is 42.2 Å². The monoisotopic (exact) mass is 304 g/mol. The van der Waals surface area contributed by atoms with Gasteiger partial charge in [-0.1, -0.05) is 19.3 Å². The van der Waals surface area contributed by atoms with E-state index in [1.54, 1.807) is 6.20 Å². The van der Waals surface area contributed by atoms with Gasteiger partial charge in [0.1, 0.15) is 11.6 Å². The van der Waals surface area contributed by atoms with Crippen LogP contribution in [0.5, 0.6) is 0 Å². The third-order valence-corrected chi connectivity index (χ3v) is 4.42. The Balaban J connectivity index is 1.54. The molecule has 0 unspecified atom stereocenters. The van der Waals surface area contributed by atoms with E-state index >= 15 is 0 Å². The molecule has 1 amide bonds. The lowest BCUT2D eigenvalue weighted by molar-refractivity contribution is -0.126. The number of morpholine rings is 1. The van der Waals surface area contributed by atoms with Crippen LogP contribution >= 0.6 is 0 Å². The largest absolute Gasteiger partial charge is 0.378 e. The summed E-state index contributed by atoms with van der Waals surface area (Å²) in [6.45, 7) is 3.58. The van der Waals surface area contributed by atoms with Gasteiger partial charge >= 0.3 is 0 Å². The smallest absolute Gasteiger partial charge is 0.223 e. The first-order valence-electron chi connectivity index (χ1n) is 8.25. The number of hydrogen-bond donors (Lipinski definition) is 1. The second-order valence-corrected chi connectivity index (χ2v) is 5.98. The molecule has 22 heavy (non-hydrogen) atoms. The van der Waals surface area contributed by atoms with E-state index in [9.17, 15) is 4.79 Å². The molecule has 0 atom stereocenters. The van der Waals surface area contributed by atoms with Crippen molar-refractivity contribution < 1.29 is 9.53 Å². The van der Waals surface area contributed by atoms with Crippen molar-refractivity contribution in [2.75, 3.05) is 31.2 Å². The molecule has 2 aliphatic rings. The molecule has 0 radical (unpaired) electrons. The Morgan fingerprint density at radius 2 is 2.05 bits per heavy atom. The minimum atomic E-state index is 0.153. The number of rotatable bonds is 4. The van der Waals surface area contributed by atoms with Crippen molar-refractivity contribution in [1.82, 2.24) is 15.3 Å². The summed E-state index contributed by atoms with van der Waals surface area (Å²) >= 11 is 0. The molecule has 1 saturated heterocycles. The van der Waals surface area contributed by atoms with Gasteiger partial charge in [0.25, 0.3) is 0 Å². The van der Waals surface area contributed by atoms with Gasteiger partial charge in [-0.25, -0.2) is 9.97 Å². The zero-order valence-corrected chi connectivity index (χ0v) is 13.0. The first-order valence-corrected chi connectivity index (χ1v) is 8.25. The fourth-order valence-electron chi connectivity index (χ4n) is 3.12. The van der Waals surface area contributed by atoms with E-state index in [2.05, 4.69) is 20.2 Å². The summed E-state index contributed by atoms with van der Waals surface area (Å²) in [4.78, 5) is 23.2. The van der Waals surface area contributed by atoms with Gasteiger partial charge in [-0.3, -0.25) is 4.79 Å². The van der Waals surface area contributed by atoms with Gasteiger partial charge in [-0.2, -0.15) is 0 Å². The molecule has 120 valence electrons. The predicted octanol–water partition coefficient (Wildman–Crippen LogP) is 1.51. The zero-order chi connectivity index (χ0) is 15.2. The Hall–Kier alpha value is -1.69. The Bertz CT molecular complexity index is 497. The Morgan fingerprint density at radius 1 is 1.27 bits per heavy atom. The molecule has 1 saturated carbocycles. The van der Waals surface area contributed by atoms with E-state index in [1.807, 2.05) is 6.07 Å². The van der Waals surface area contributed by atoms with Crippen molar-refractivity contribution in [3.63, 3.8) is 0 Å². The second-order valence-electron chi connectivity index (χ2n) is 5.98. The number of carbonyl (C=O) groups excluding carboxylic acids is 1. The van der Waals surface area contributed by atoms with E-state index < -0.39 is 0 Å². The number of nitrogens with one attached hydrogen (secondary N) is 1. The number of nitrogens with zero attached hydrogens (tertiary/aromatic N) is 3. The quantitative estimate of drug-likeness (QED) is 0.913. The highest BCUT2D eigenvalue weighted by Gasteiger charge is 2.21. The van der Waals surface area contributed by atoms with Gasteiger partial charge in [0, 0.05) is 25.2 Å². The van der Waals surface area contributed by atoms with E-state index in [1.165, 1.54) is 19.3 Å². The first kappa shape index (κ1) is 15.2. The summed E-state index contributed by atoms with van der Waals surface area (Å²) in [6, 6.07) is 1.91. The highest BCUT2D eigenvalue weighted by atomic mass is 16.5. The van der Waals surface area contributed by atoms with Crippen LogP contribution in [0, 0.1) is 5.92 Å². The Kier molecular flexibility index (Phi) is 5.21. The minimum absolute atomic E-state index is 0.153. The van der Waals surface area contributed by atoms with Crippen LogP contribution in [-0.2, 0) is 16.1 Å². The van der Waals surface area contributed by atoms with E-state index in [4.69, 9.17) is 4.74 Å². The van der Waals surface area contributed by atoms with Crippen LogP contribution in [0.25, 0.3) is 0 Å². The van der Waals surface area contributed by atoms with Crippen LogP contribution in [0.15, 0.2) is 12.3 Å². The van der Waals surface area contributed by atoms with Gasteiger partial charge in [0.05, 0.1) is 19.8 Å². The third kappa shape index (κ3) is 3.94. The maximum absolute atomic E-state index is 12.2. The van der Waals surface area contributed by atoms with Gasteiger partial charge in [0.2, 0.25) is 5.91 Å². The van der Waals surface area contributed by atoms with Crippen LogP contribution < -0.4 is 10.2 Å². The topological polar surface area (TPSA) is 67.4 Å². The fraction of sp³-hybridized carbons (Fsp3) is 0.688. The number of aromatic nitrogens is 2. The standard InChI is InChI=1S/C16H24N4O2/c21-16(13-4-2-1-3-5-13)18-12-14-17-7-6-15(19-14)20-8-10-22-11-9-20/h6-7,13H,1-5,8-12H2,(H,18,21). The van der Waals surface area contributed by atoms with Crippen LogP contribution in [0.2, 0.25) is 0 Å². The van der Waals surface area contributed by atoms with Gasteiger partial charge in [-0.05, 0) is 18.9 Å². The lowest BCUT2D eigenvalue weighted by Crippen LogP contribution is -2.37. The maximum atomic E-state index is 12.2. The average Bonchev–Trinajstić information content (AvgIpc) is 2.61. The molecule has 6 nitrogen and oxygen atoms in total. The number of anilines is 1. The second kappa shape index (κ2) is 7.54. The minimum Gasteiger partial charge on any atom is -0.378 e. The molecular weight excluding hydrogens is 280 g/mol. The molecule has 0 aromatic carbocycles. The van der Waals surface area contributed by atoms with Gasteiger partial charge < -0.3 is 15.0 Å². The zero-order valence-electron chi connectivity index (χ0n) is 13.0. The van der Waals surface area contributed by atoms with Crippen molar-refractivity contribution in [3.8, 4) is 0 Å². The molecule has 2 heterocycles. The molecule has 1 N–H and O–H groups in total. The summed E-state index contributed by atoms with van der Waals surface area (Å²) < 4.78 is 5.36. The number of carbonyl (C=O) groups is 1. The Labute approximate surface area is 131 Å². The highest BCUT2D eigenvalue weighted by Crippen LogP contribution is 2.23. The summed E-state index contributed by atoms with van der Waals surface area (Å²) in [7, 11) is 0. The molecule has 3 rings (SSSR count). The summed E-state index contributed by atoms with van der Waals surface area (Å²) in [5.41, 5.74) is 0. The van der Waals surface area contributed by atoms with E-state index in [0.717, 1.165) is 45.0 Å². The van der Waals surface area contributed by atoms with Crippen LogP contribution in [0.3, 0.4) is 0 Å². The highest BCUT2D eigenvalue weighted by molar-refractivity contribution is 5.78. The van der Waals surface area contributed by atoms with Gasteiger partial charge in [-0.15, -0.1) is 0 Å². The van der Waals surface area contributed by atoms with Gasteiger partial charge in [0.15, 0.2) is 0 Å². The molecule has 1 aromatic heterocycles. The number of hydrogen-bond acceptors (Lipinski definition) is 5. The third-order valence-electron chi connectivity index (χ3n) is 4.42. The molecule has 1 aliphatic heterocycles. The molecule has 6 heteroatoms. The molecule has 0 spiro atoms. The molecular formula is C16H24N4O2. The van der Waals surface area contributed by atoms with Crippen molar-refractivity contribution >= 4 is 11.7 Å². The molecule has 1 aromatic rings. The molecule has 1 aliphatic carbocycles. The lowest BCUT2D eigenvalue weighted by Gasteiger charge is -2.27. The normalized spacial score (nSPS) is 19.9. The van der Waals surface area contributed by atoms with Crippen LogP contribution in [0.4, 0.5) is 5.82 Å². The summed E-state index contributed by atoms with van der Waals surface area (Å²) in [5, 5.41) is 2.99. The van der Waals surface area contributed by atoms with Crippen molar-refractivity contribution in [1.29, 1.82) is 0 Å². The average molecular weight is 304 g/mol. The predicted molar refractivity (Wildman–Crippen MR) is 83.5 cm³/mol. The Morgan fingerprint density at radius 3 is 2.82 bits per heavy atom. The van der Waals surface area contributed by atoms with Crippen molar-refractivity contribution in [3.05, 3.63) is 18.1 Å². The van der Waals surface area contributed by atoms with Crippen molar-refractivity contribution in [2.24, 2.45) is 5.92 Å². The molecule has 2 fully saturated rings. The first-order chi connectivity index (χ1) is 10.8. The number of ether oxygens (including phenoxy) is 1. The van der Waals surface area contributed by atoms with Crippen molar-refractivity contribution in [2.45, 2.75) is 38.6 Å². The summed E-state index contributed by atoms with van der Waals surface area (Å²) in [5.74, 6) is 1.92. The van der Waals surface area contributed by atoms with E-state index in [0.29, 0.717) is 12.4 Å².